The third kappa shape index (κ3) is 2.46. The van der Waals surface area contributed by atoms with E-state index in [1.54, 1.807) is 0 Å². The predicted molar refractivity (Wildman–Crippen MR) is 104 cm³/mol. The number of phenolic OH excluding ortho intramolecular Hbond substituents is 1. The molecule has 1 aromatic heterocycles. The standard InChI is InChI=1S/C22H20N2O3/c1-12-10-18-20(14-8-5-9-15(14)22(26)27-18)21(25)19(12)17-11-16(23-24-17)13-6-3-2-4-7-13/h2-4,6-7,10,16,23,25H,5,8-9,11H2,1H3/t16-/m0/s1. The Hall–Kier alpha value is -3.08. The Kier molecular flexibility index (Phi) is 3.57. The lowest BCUT2D eigenvalue weighted by Gasteiger charge is -2.14. The van der Waals surface area contributed by atoms with E-state index in [9.17, 15) is 9.90 Å². The first-order chi connectivity index (χ1) is 13.1. The molecule has 5 nitrogen and oxygen atoms in total. The Morgan fingerprint density at radius 2 is 1.96 bits per heavy atom. The molecule has 5 heteroatoms. The molecule has 0 spiro atoms. The molecule has 0 bridgehead atoms. The number of aromatic hydroxyl groups is 1. The predicted octanol–water partition coefficient (Wildman–Crippen LogP) is 3.73. The minimum Gasteiger partial charge on any atom is -0.506 e. The van der Waals surface area contributed by atoms with Crippen molar-refractivity contribution in [3.8, 4) is 5.75 Å². The first kappa shape index (κ1) is 16.1. The van der Waals surface area contributed by atoms with Crippen LogP contribution in [-0.4, -0.2) is 10.8 Å². The van der Waals surface area contributed by atoms with Gasteiger partial charge in [0.15, 0.2) is 0 Å². The Labute approximate surface area is 156 Å². The quantitative estimate of drug-likeness (QED) is 0.683. The van der Waals surface area contributed by atoms with Crippen molar-refractivity contribution >= 4 is 16.7 Å². The van der Waals surface area contributed by atoms with E-state index in [-0.39, 0.29) is 17.4 Å². The van der Waals surface area contributed by atoms with E-state index in [0.29, 0.717) is 23.0 Å². The summed E-state index contributed by atoms with van der Waals surface area (Å²) in [4.78, 5) is 12.2. The molecular weight excluding hydrogens is 340 g/mol. The molecule has 0 amide bonds. The van der Waals surface area contributed by atoms with E-state index in [1.807, 2.05) is 31.2 Å². The van der Waals surface area contributed by atoms with Gasteiger partial charge >= 0.3 is 5.63 Å². The molecule has 0 saturated heterocycles. The molecule has 1 aliphatic carbocycles. The minimum atomic E-state index is -0.273. The summed E-state index contributed by atoms with van der Waals surface area (Å²) in [5.74, 6) is 0.182. The van der Waals surface area contributed by atoms with E-state index < -0.39 is 0 Å². The lowest BCUT2D eigenvalue weighted by atomic mass is 9.93. The summed E-state index contributed by atoms with van der Waals surface area (Å²) in [7, 11) is 0. The SMILES string of the molecule is Cc1cc2oc(=O)c3c(c2c(O)c1C1=NN[C@H](c2ccccc2)C1)CCC3. The number of phenols is 1. The van der Waals surface area contributed by atoms with Gasteiger partial charge in [-0.1, -0.05) is 30.3 Å². The van der Waals surface area contributed by atoms with Crippen molar-refractivity contribution in [3.05, 3.63) is 74.6 Å². The van der Waals surface area contributed by atoms with Crippen LogP contribution in [0.5, 0.6) is 5.75 Å². The van der Waals surface area contributed by atoms with Crippen LogP contribution in [0.2, 0.25) is 0 Å². The second-order valence-electron chi connectivity index (χ2n) is 7.35. The van der Waals surface area contributed by atoms with Crippen molar-refractivity contribution in [1.29, 1.82) is 0 Å². The number of aryl methyl sites for hydroxylation is 2. The Balaban J connectivity index is 1.62. The summed E-state index contributed by atoms with van der Waals surface area (Å²) in [5.41, 5.74) is 8.63. The molecule has 5 rings (SSSR count). The number of rotatable bonds is 2. The summed E-state index contributed by atoms with van der Waals surface area (Å²) in [5, 5.41) is 16.3. The van der Waals surface area contributed by atoms with E-state index in [2.05, 4.69) is 22.7 Å². The maximum Gasteiger partial charge on any atom is 0.339 e. The molecule has 136 valence electrons. The average molecular weight is 360 g/mol. The highest BCUT2D eigenvalue weighted by atomic mass is 16.4. The third-order valence-electron chi connectivity index (χ3n) is 5.67. The van der Waals surface area contributed by atoms with Gasteiger partial charge in [-0.15, -0.1) is 0 Å². The number of hydrazone groups is 1. The number of hydrogen-bond acceptors (Lipinski definition) is 5. The highest BCUT2D eigenvalue weighted by Gasteiger charge is 2.28. The van der Waals surface area contributed by atoms with Crippen molar-refractivity contribution in [2.24, 2.45) is 5.10 Å². The van der Waals surface area contributed by atoms with Crippen molar-refractivity contribution < 1.29 is 9.52 Å². The zero-order valence-electron chi connectivity index (χ0n) is 15.1. The van der Waals surface area contributed by atoms with Crippen molar-refractivity contribution in [2.75, 3.05) is 0 Å². The highest BCUT2D eigenvalue weighted by molar-refractivity contribution is 6.09. The van der Waals surface area contributed by atoms with Gasteiger partial charge in [-0.3, -0.25) is 0 Å². The molecule has 27 heavy (non-hydrogen) atoms. The van der Waals surface area contributed by atoms with Crippen LogP contribution in [0, 0.1) is 6.92 Å². The maximum absolute atomic E-state index is 12.2. The number of nitrogens with one attached hydrogen (secondary N) is 1. The third-order valence-corrected chi connectivity index (χ3v) is 5.67. The minimum absolute atomic E-state index is 0.0927. The second-order valence-corrected chi connectivity index (χ2v) is 7.35. The molecule has 2 heterocycles. The Morgan fingerprint density at radius 3 is 2.78 bits per heavy atom. The number of fused-ring (bicyclic) bond motifs is 3. The van der Waals surface area contributed by atoms with Gasteiger partial charge in [-0.2, -0.15) is 5.10 Å². The molecular formula is C22H20N2O3. The first-order valence-corrected chi connectivity index (χ1v) is 9.32. The van der Waals surface area contributed by atoms with Crippen LogP contribution in [0.15, 0.2) is 50.7 Å². The zero-order chi connectivity index (χ0) is 18.5. The van der Waals surface area contributed by atoms with Crippen molar-refractivity contribution in [2.45, 2.75) is 38.6 Å². The molecule has 1 atom stereocenters. The van der Waals surface area contributed by atoms with Crippen LogP contribution in [0.25, 0.3) is 11.0 Å². The Morgan fingerprint density at radius 1 is 1.19 bits per heavy atom. The van der Waals surface area contributed by atoms with Crippen molar-refractivity contribution in [3.63, 3.8) is 0 Å². The van der Waals surface area contributed by atoms with Gasteiger partial charge in [0.1, 0.15) is 11.3 Å². The van der Waals surface area contributed by atoms with Gasteiger partial charge in [0.2, 0.25) is 0 Å². The molecule has 2 aromatic carbocycles. The molecule has 0 fully saturated rings. The van der Waals surface area contributed by atoms with Crippen LogP contribution in [0.3, 0.4) is 0 Å². The largest absolute Gasteiger partial charge is 0.506 e. The zero-order valence-corrected chi connectivity index (χ0v) is 15.1. The normalized spacial score (nSPS) is 18.4. The molecule has 2 N–H and O–H groups in total. The van der Waals surface area contributed by atoms with Crippen LogP contribution >= 0.6 is 0 Å². The van der Waals surface area contributed by atoms with Gasteiger partial charge in [0.25, 0.3) is 0 Å². The fraction of sp³-hybridized carbons (Fsp3) is 0.273. The summed E-state index contributed by atoms with van der Waals surface area (Å²) < 4.78 is 5.50. The van der Waals surface area contributed by atoms with Crippen molar-refractivity contribution in [1.82, 2.24) is 5.43 Å². The number of nitrogens with zero attached hydrogens (tertiary/aromatic N) is 1. The summed E-state index contributed by atoms with van der Waals surface area (Å²) in [6.45, 7) is 1.92. The molecule has 0 radical (unpaired) electrons. The van der Waals surface area contributed by atoms with Gasteiger partial charge in [-0.25, -0.2) is 4.79 Å². The van der Waals surface area contributed by atoms with Crippen LogP contribution in [-0.2, 0) is 12.8 Å². The van der Waals surface area contributed by atoms with E-state index in [4.69, 9.17) is 4.42 Å². The van der Waals surface area contributed by atoms with Crippen LogP contribution in [0.1, 0.15) is 46.7 Å². The van der Waals surface area contributed by atoms with E-state index >= 15 is 0 Å². The molecule has 0 unspecified atom stereocenters. The average Bonchev–Trinajstić information content (AvgIpc) is 3.32. The number of benzene rings is 2. The molecule has 0 saturated carbocycles. The maximum atomic E-state index is 12.2. The topological polar surface area (TPSA) is 74.8 Å². The van der Waals surface area contributed by atoms with E-state index in [0.717, 1.165) is 41.7 Å². The first-order valence-electron chi connectivity index (χ1n) is 9.32. The smallest absolute Gasteiger partial charge is 0.339 e. The summed E-state index contributed by atoms with van der Waals surface area (Å²) >= 11 is 0. The van der Waals surface area contributed by atoms with Gasteiger partial charge in [0.05, 0.1) is 17.1 Å². The van der Waals surface area contributed by atoms with Gasteiger partial charge < -0.3 is 14.9 Å². The van der Waals surface area contributed by atoms with Gasteiger partial charge in [0, 0.05) is 17.5 Å². The Bertz CT molecular complexity index is 1150. The van der Waals surface area contributed by atoms with Gasteiger partial charge in [-0.05, 0) is 48.9 Å². The summed E-state index contributed by atoms with van der Waals surface area (Å²) in [6, 6.07) is 12.1. The monoisotopic (exact) mass is 360 g/mol. The lowest BCUT2D eigenvalue weighted by molar-refractivity contribution is 0.476. The fourth-order valence-corrected chi connectivity index (χ4v) is 4.39. The van der Waals surface area contributed by atoms with E-state index in [1.165, 1.54) is 5.56 Å². The summed E-state index contributed by atoms with van der Waals surface area (Å²) in [6.07, 6.45) is 3.13. The van der Waals surface area contributed by atoms with Crippen LogP contribution < -0.4 is 11.1 Å². The molecule has 1 aliphatic heterocycles. The highest BCUT2D eigenvalue weighted by Crippen LogP contribution is 2.39. The van der Waals surface area contributed by atoms with Crippen LogP contribution in [0.4, 0.5) is 0 Å². The number of hydrogen-bond donors (Lipinski definition) is 2. The fourth-order valence-electron chi connectivity index (χ4n) is 4.39. The second kappa shape index (κ2) is 5.98. The lowest BCUT2D eigenvalue weighted by Crippen LogP contribution is -2.10. The molecule has 3 aromatic rings. The molecule has 2 aliphatic rings.